The Balaban J connectivity index is 1.24. The molecule has 2 aliphatic rings. The summed E-state index contributed by atoms with van der Waals surface area (Å²) in [5.41, 5.74) is 1.61. The summed E-state index contributed by atoms with van der Waals surface area (Å²) >= 11 is 5.93. The molecule has 2 saturated heterocycles. The van der Waals surface area contributed by atoms with Gasteiger partial charge in [-0.25, -0.2) is 0 Å². The molecule has 0 saturated carbocycles. The second kappa shape index (κ2) is 11.3. The molecule has 2 amide bonds. The fourth-order valence-corrected chi connectivity index (χ4v) is 5.52. The van der Waals surface area contributed by atoms with E-state index in [2.05, 4.69) is 29.2 Å². The van der Waals surface area contributed by atoms with Gasteiger partial charge in [-0.1, -0.05) is 60.1 Å². The molecule has 37 heavy (non-hydrogen) atoms. The molecule has 7 heteroatoms. The minimum Gasteiger partial charge on any atom is -0.484 e. The predicted molar refractivity (Wildman–Crippen MR) is 146 cm³/mol. The summed E-state index contributed by atoms with van der Waals surface area (Å²) in [6, 6.07) is 27.4. The van der Waals surface area contributed by atoms with Crippen molar-refractivity contribution in [2.45, 2.75) is 18.3 Å². The van der Waals surface area contributed by atoms with Gasteiger partial charge in [0, 0.05) is 50.0 Å². The summed E-state index contributed by atoms with van der Waals surface area (Å²) in [5, 5.41) is 0.623. The van der Waals surface area contributed by atoms with Crippen LogP contribution in [0, 0.1) is 0 Å². The number of amides is 2. The highest BCUT2D eigenvalue weighted by atomic mass is 35.5. The Bertz CT molecular complexity index is 1190. The molecule has 2 aliphatic heterocycles. The zero-order valence-corrected chi connectivity index (χ0v) is 21.6. The highest BCUT2D eigenvalue weighted by Crippen LogP contribution is 2.38. The first-order valence-electron chi connectivity index (χ1n) is 12.9. The maximum Gasteiger partial charge on any atom is 0.260 e. The zero-order valence-electron chi connectivity index (χ0n) is 20.9. The number of hydrogen-bond donors (Lipinski definition) is 0. The van der Waals surface area contributed by atoms with E-state index in [0.717, 1.165) is 18.7 Å². The Morgan fingerprint density at radius 2 is 1.32 bits per heavy atom. The second-order valence-corrected chi connectivity index (χ2v) is 10.1. The molecule has 0 aromatic heterocycles. The number of anilines is 1. The monoisotopic (exact) mass is 517 g/mol. The fraction of sp³-hybridized carbons (Fsp3) is 0.333. The van der Waals surface area contributed by atoms with Crippen molar-refractivity contribution in [3.8, 4) is 5.75 Å². The van der Waals surface area contributed by atoms with Gasteiger partial charge in [0.05, 0.1) is 5.41 Å². The number of para-hydroxylation sites is 1. The molecule has 2 heterocycles. The number of piperidine rings is 1. The van der Waals surface area contributed by atoms with Crippen LogP contribution < -0.4 is 9.64 Å². The van der Waals surface area contributed by atoms with Crippen LogP contribution in [0.25, 0.3) is 0 Å². The number of halogens is 1. The van der Waals surface area contributed by atoms with Gasteiger partial charge in [0.15, 0.2) is 6.61 Å². The molecule has 5 rings (SSSR count). The molecule has 0 N–H and O–H groups in total. The Kier molecular flexibility index (Phi) is 7.65. The van der Waals surface area contributed by atoms with Gasteiger partial charge < -0.3 is 19.4 Å². The third-order valence-electron chi connectivity index (χ3n) is 7.57. The predicted octanol–water partition coefficient (Wildman–Crippen LogP) is 4.63. The Hall–Kier alpha value is -3.51. The van der Waals surface area contributed by atoms with E-state index in [9.17, 15) is 9.59 Å². The average Bonchev–Trinajstić information content (AvgIpc) is 2.97. The molecular formula is C30H32ClN3O3. The number of hydrogen-bond acceptors (Lipinski definition) is 4. The smallest absolute Gasteiger partial charge is 0.260 e. The van der Waals surface area contributed by atoms with Gasteiger partial charge >= 0.3 is 0 Å². The lowest BCUT2D eigenvalue weighted by molar-refractivity contribution is -0.144. The van der Waals surface area contributed by atoms with Gasteiger partial charge in [0.25, 0.3) is 5.91 Å². The number of rotatable bonds is 6. The van der Waals surface area contributed by atoms with Crippen molar-refractivity contribution in [3.63, 3.8) is 0 Å². The van der Waals surface area contributed by atoms with Crippen molar-refractivity contribution in [1.82, 2.24) is 9.80 Å². The van der Waals surface area contributed by atoms with Gasteiger partial charge in [-0.3, -0.25) is 9.59 Å². The number of carbonyl (C=O) groups is 2. The first-order chi connectivity index (χ1) is 18.0. The maximum atomic E-state index is 14.1. The minimum atomic E-state index is -0.621. The van der Waals surface area contributed by atoms with Gasteiger partial charge in [0.1, 0.15) is 5.75 Å². The first-order valence-corrected chi connectivity index (χ1v) is 13.2. The third kappa shape index (κ3) is 5.59. The lowest BCUT2D eigenvalue weighted by Gasteiger charge is -2.45. The number of likely N-dealkylation sites (tertiary alicyclic amines) is 1. The fourth-order valence-electron chi connectivity index (χ4n) is 5.40. The van der Waals surface area contributed by atoms with Crippen LogP contribution in [0.3, 0.4) is 0 Å². The zero-order chi connectivity index (χ0) is 25.7. The Morgan fingerprint density at radius 1 is 0.730 bits per heavy atom. The van der Waals surface area contributed by atoms with E-state index in [1.807, 2.05) is 46.2 Å². The van der Waals surface area contributed by atoms with Crippen molar-refractivity contribution >= 4 is 29.1 Å². The van der Waals surface area contributed by atoms with E-state index < -0.39 is 5.41 Å². The van der Waals surface area contributed by atoms with Crippen LogP contribution >= 0.6 is 11.6 Å². The van der Waals surface area contributed by atoms with Crippen molar-refractivity contribution < 1.29 is 14.3 Å². The number of carbonyl (C=O) groups excluding carboxylic acids is 2. The lowest BCUT2D eigenvalue weighted by Crippen LogP contribution is -2.58. The van der Waals surface area contributed by atoms with E-state index in [0.29, 0.717) is 49.8 Å². The molecule has 3 aromatic rings. The average molecular weight is 518 g/mol. The van der Waals surface area contributed by atoms with Crippen LogP contribution in [0.1, 0.15) is 18.4 Å². The van der Waals surface area contributed by atoms with Gasteiger partial charge in [-0.15, -0.1) is 0 Å². The summed E-state index contributed by atoms with van der Waals surface area (Å²) < 4.78 is 5.67. The lowest BCUT2D eigenvalue weighted by atomic mass is 9.71. The van der Waals surface area contributed by atoms with Crippen LogP contribution in [0.15, 0.2) is 84.9 Å². The van der Waals surface area contributed by atoms with Crippen LogP contribution in [0.4, 0.5) is 5.69 Å². The summed E-state index contributed by atoms with van der Waals surface area (Å²) in [6.07, 6.45) is 1.20. The summed E-state index contributed by atoms with van der Waals surface area (Å²) in [6.45, 7) is 4.02. The molecule has 0 bridgehead atoms. The van der Waals surface area contributed by atoms with E-state index >= 15 is 0 Å². The van der Waals surface area contributed by atoms with Crippen LogP contribution in [0.5, 0.6) is 5.75 Å². The number of nitrogens with zero attached hydrogens (tertiary/aromatic N) is 3. The molecule has 0 atom stereocenters. The van der Waals surface area contributed by atoms with Crippen LogP contribution in [0.2, 0.25) is 5.02 Å². The minimum absolute atomic E-state index is 0.0324. The summed E-state index contributed by atoms with van der Waals surface area (Å²) in [4.78, 5) is 33.2. The van der Waals surface area contributed by atoms with Crippen molar-refractivity contribution in [1.29, 1.82) is 0 Å². The molecule has 0 unspecified atom stereocenters. The number of ether oxygens (including phenoxy) is 1. The normalized spacial score (nSPS) is 17.4. The molecule has 3 aromatic carbocycles. The summed E-state index contributed by atoms with van der Waals surface area (Å²) in [5.74, 6) is 0.717. The van der Waals surface area contributed by atoms with E-state index in [-0.39, 0.29) is 18.4 Å². The van der Waals surface area contributed by atoms with Gasteiger partial charge in [0.2, 0.25) is 5.91 Å². The molecule has 2 fully saturated rings. The SMILES string of the molecule is O=C(COc1ccc(Cl)cc1)N1CCC(C(=O)N2CCN(c3ccccc3)CC2)(c2ccccc2)CC1. The Morgan fingerprint density at radius 3 is 1.95 bits per heavy atom. The molecule has 192 valence electrons. The van der Waals surface area contributed by atoms with Crippen molar-refractivity contribution in [2.24, 2.45) is 0 Å². The molecule has 0 radical (unpaired) electrons. The molecule has 6 nitrogen and oxygen atoms in total. The van der Waals surface area contributed by atoms with E-state index in [1.54, 1.807) is 24.3 Å². The van der Waals surface area contributed by atoms with E-state index in [4.69, 9.17) is 16.3 Å². The standard InChI is InChI=1S/C30H32ClN3O3/c31-25-11-13-27(14-12-25)37-23-28(35)33-17-15-30(16-18-33,24-7-3-1-4-8-24)29(36)34-21-19-32(20-22-34)26-9-5-2-6-10-26/h1-14H,15-23H2. The first kappa shape index (κ1) is 25.2. The third-order valence-corrected chi connectivity index (χ3v) is 7.82. The molecule has 0 aliphatic carbocycles. The summed E-state index contributed by atoms with van der Waals surface area (Å²) in [7, 11) is 0. The topological polar surface area (TPSA) is 53.1 Å². The number of piperazine rings is 1. The second-order valence-electron chi connectivity index (χ2n) is 9.69. The quantitative estimate of drug-likeness (QED) is 0.478. The van der Waals surface area contributed by atoms with E-state index in [1.165, 1.54) is 5.69 Å². The molecular weight excluding hydrogens is 486 g/mol. The van der Waals surface area contributed by atoms with Gasteiger partial charge in [-0.05, 0) is 54.8 Å². The van der Waals surface area contributed by atoms with Crippen molar-refractivity contribution in [2.75, 3.05) is 50.8 Å². The van der Waals surface area contributed by atoms with Crippen LogP contribution in [-0.2, 0) is 15.0 Å². The Labute approximate surface area is 223 Å². The maximum absolute atomic E-state index is 14.1. The van der Waals surface area contributed by atoms with Gasteiger partial charge in [-0.2, -0.15) is 0 Å². The molecule has 0 spiro atoms. The highest BCUT2D eigenvalue weighted by Gasteiger charge is 2.46. The highest BCUT2D eigenvalue weighted by molar-refractivity contribution is 6.30. The largest absolute Gasteiger partial charge is 0.484 e. The number of benzene rings is 3. The van der Waals surface area contributed by atoms with Crippen LogP contribution in [-0.4, -0.2) is 67.5 Å². The van der Waals surface area contributed by atoms with Crippen molar-refractivity contribution in [3.05, 3.63) is 95.5 Å².